The number of halogens is 3. The van der Waals surface area contributed by atoms with Gasteiger partial charge in [0.25, 0.3) is 0 Å². The molecule has 0 aliphatic rings. The van der Waals surface area contributed by atoms with Crippen LogP contribution >= 0.6 is 23.2 Å². The van der Waals surface area contributed by atoms with Crippen LogP contribution < -0.4 is 15.5 Å². The predicted molar refractivity (Wildman–Crippen MR) is 120 cm³/mol. The number of benzene rings is 2. The molecule has 2 amide bonds. The zero-order valence-corrected chi connectivity index (χ0v) is 18.0. The van der Waals surface area contributed by atoms with Gasteiger partial charge in [-0.1, -0.05) is 29.3 Å². The minimum Gasteiger partial charge on any atom is -0.454 e. The summed E-state index contributed by atoms with van der Waals surface area (Å²) in [5.74, 6) is -0.192. The van der Waals surface area contributed by atoms with Gasteiger partial charge in [0.05, 0.1) is 21.9 Å². The van der Waals surface area contributed by atoms with Crippen LogP contribution in [0.1, 0.15) is 5.56 Å². The van der Waals surface area contributed by atoms with Gasteiger partial charge >= 0.3 is 6.03 Å². The number of pyridine rings is 1. The van der Waals surface area contributed by atoms with Crippen molar-refractivity contribution in [2.75, 3.05) is 5.01 Å². The maximum Gasteiger partial charge on any atom is 0.340 e. The Bertz CT molecular complexity index is 1310. The predicted octanol–water partition coefficient (Wildman–Crippen LogP) is 4.21. The molecule has 166 valence electrons. The SMILES string of the molecule is NC(=O)N(/N=C/c1c(Cl)cccc1Cl)c1ccc(Oc2ccnc(-n3cnnn3)c2)c(F)c1. The number of primary amides is 1. The molecule has 0 unspecified atom stereocenters. The van der Waals surface area contributed by atoms with Crippen LogP contribution in [0.2, 0.25) is 10.0 Å². The fourth-order valence-electron chi connectivity index (χ4n) is 2.69. The number of urea groups is 1. The number of nitrogens with zero attached hydrogens (tertiary/aromatic N) is 7. The van der Waals surface area contributed by atoms with Gasteiger partial charge in [-0.05, 0) is 40.8 Å². The second kappa shape index (κ2) is 9.59. The largest absolute Gasteiger partial charge is 0.454 e. The number of amides is 2. The highest BCUT2D eigenvalue weighted by atomic mass is 35.5. The Labute approximate surface area is 196 Å². The molecule has 2 aromatic heterocycles. The van der Waals surface area contributed by atoms with Gasteiger partial charge in [0.1, 0.15) is 12.1 Å². The Morgan fingerprint density at radius 2 is 1.97 bits per heavy atom. The normalized spacial score (nSPS) is 11.0. The Morgan fingerprint density at radius 3 is 2.64 bits per heavy atom. The number of ether oxygens (including phenoxy) is 1. The molecule has 0 saturated heterocycles. The first-order valence-electron chi connectivity index (χ1n) is 9.17. The molecule has 0 aliphatic heterocycles. The summed E-state index contributed by atoms with van der Waals surface area (Å²) in [6.07, 6.45) is 4.08. The molecule has 0 aliphatic carbocycles. The first kappa shape index (κ1) is 22.1. The first-order valence-corrected chi connectivity index (χ1v) is 9.92. The third kappa shape index (κ3) is 5.05. The third-order valence-electron chi connectivity index (χ3n) is 4.20. The molecule has 0 spiro atoms. The summed E-state index contributed by atoms with van der Waals surface area (Å²) in [4.78, 5) is 16.0. The van der Waals surface area contributed by atoms with Crippen molar-refractivity contribution in [2.45, 2.75) is 0 Å². The maximum atomic E-state index is 14.8. The van der Waals surface area contributed by atoms with E-state index in [0.29, 0.717) is 27.2 Å². The molecule has 4 aromatic rings. The van der Waals surface area contributed by atoms with E-state index in [1.54, 1.807) is 18.2 Å². The van der Waals surface area contributed by atoms with Crippen molar-refractivity contribution in [1.29, 1.82) is 0 Å². The molecule has 0 fully saturated rings. The summed E-state index contributed by atoms with van der Waals surface area (Å²) >= 11 is 12.2. The van der Waals surface area contributed by atoms with Gasteiger partial charge in [0.15, 0.2) is 17.4 Å². The van der Waals surface area contributed by atoms with E-state index in [-0.39, 0.29) is 11.4 Å². The van der Waals surface area contributed by atoms with Crippen LogP contribution in [0.25, 0.3) is 5.82 Å². The summed E-state index contributed by atoms with van der Waals surface area (Å²) in [6.45, 7) is 0. The molecular weight excluding hydrogens is 474 g/mol. The van der Waals surface area contributed by atoms with Crippen molar-refractivity contribution in [3.8, 4) is 17.3 Å². The number of carbonyl (C=O) groups is 1. The van der Waals surface area contributed by atoms with Crippen molar-refractivity contribution in [3.05, 3.63) is 82.5 Å². The van der Waals surface area contributed by atoms with Crippen LogP contribution in [0.3, 0.4) is 0 Å². The second-order valence-electron chi connectivity index (χ2n) is 6.35. The number of hydrogen-bond donors (Lipinski definition) is 1. The van der Waals surface area contributed by atoms with Gasteiger partial charge in [-0.3, -0.25) is 0 Å². The summed E-state index contributed by atoms with van der Waals surface area (Å²) in [5, 5.41) is 16.3. The molecule has 4 rings (SSSR count). The Morgan fingerprint density at radius 1 is 1.18 bits per heavy atom. The van der Waals surface area contributed by atoms with Crippen LogP contribution in [0.4, 0.5) is 14.9 Å². The van der Waals surface area contributed by atoms with E-state index in [2.05, 4.69) is 25.6 Å². The fraction of sp³-hybridized carbons (Fsp3) is 0. The lowest BCUT2D eigenvalue weighted by Crippen LogP contribution is -2.31. The fourth-order valence-corrected chi connectivity index (χ4v) is 3.18. The van der Waals surface area contributed by atoms with E-state index in [1.165, 1.54) is 47.7 Å². The Balaban J connectivity index is 1.57. The molecule has 0 atom stereocenters. The minimum atomic E-state index is -0.942. The van der Waals surface area contributed by atoms with Gasteiger partial charge in [0, 0.05) is 23.9 Å². The van der Waals surface area contributed by atoms with Crippen molar-refractivity contribution in [2.24, 2.45) is 10.8 Å². The molecule has 33 heavy (non-hydrogen) atoms. The van der Waals surface area contributed by atoms with E-state index >= 15 is 0 Å². The van der Waals surface area contributed by atoms with E-state index in [1.807, 2.05) is 0 Å². The highest BCUT2D eigenvalue weighted by Gasteiger charge is 2.16. The third-order valence-corrected chi connectivity index (χ3v) is 4.86. The first-order chi connectivity index (χ1) is 15.9. The van der Waals surface area contributed by atoms with Crippen molar-refractivity contribution < 1.29 is 13.9 Å². The smallest absolute Gasteiger partial charge is 0.340 e. The van der Waals surface area contributed by atoms with E-state index in [4.69, 9.17) is 33.7 Å². The van der Waals surface area contributed by atoms with Gasteiger partial charge < -0.3 is 10.5 Å². The van der Waals surface area contributed by atoms with Gasteiger partial charge in [-0.25, -0.2) is 14.2 Å². The quantitative estimate of drug-likeness (QED) is 0.321. The van der Waals surface area contributed by atoms with Gasteiger partial charge in [-0.15, -0.1) is 5.10 Å². The number of hydrogen-bond acceptors (Lipinski definition) is 7. The average molecular weight is 487 g/mol. The maximum absolute atomic E-state index is 14.8. The lowest BCUT2D eigenvalue weighted by molar-refractivity contribution is 0.254. The highest BCUT2D eigenvalue weighted by molar-refractivity contribution is 6.38. The lowest BCUT2D eigenvalue weighted by atomic mass is 10.2. The molecule has 0 radical (unpaired) electrons. The molecular formula is C20H13Cl2FN8O2. The Hall–Kier alpha value is -4.09. The van der Waals surface area contributed by atoms with Gasteiger partial charge in [0.2, 0.25) is 0 Å². The van der Waals surface area contributed by atoms with Crippen LogP contribution in [0.5, 0.6) is 11.5 Å². The highest BCUT2D eigenvalue weighted by Crippen LogP contribution is 2.29. The number of rotatable bonds is 6. The summed E-state index contributed by atoms with van der Waals surface area (Å²) in [7, 11) is 0. The van der Waals surface area contributed by atoms with Crippen molar-refractivity contribution >= 4 is 41.1 Å². The average Bonchev–Trinajstić information content (AvgIpc) is 3.32. The molecule has 2 heterocycles. The molecule has 2 N–H and O–H groups in total. The van der Waals surface area contributed by atoms with E-state index in [9.17, 15) is 9.18 Å². The monoisotopic (exact) mass is 486 g/mol. The number of anilines is 1. The van der Waals surface area contributed by atoms with Crippen LogP contribution in [0, 0.1) is 5.82 Å². The number of aromatic nitrogens is 5. The topological polar surface area (TPSA) is 124 Å². The minimum absolute atomic E-state index is 0.0656. The number of nitrogens with two attached hydrogens (primary N) is 1. The van der Waals surface area contributed by atoms with Gasteiger partial charge in [-0.2, -0.15) is 14.8 Å². The van der Waals surface area contributed by atoms with Crippen molar-refractivity contribution in [1.82, 2.24) is 25.2 Å². The number of carbonyl (C=O) groups excluding carboxylic acids is 1. The van der Waals surface area contributed by atoms with E-state index in [0.717, 1.165) is 11.1 Å². The van der Waals surface area contributed by atoms with Crippen molar-refractivity contribution in [3.63, 3.8) is 0 Å². The zero-order valence-electron chi connectivity index (χ0n) is 16.5. The number of hydrazone groups is 1. The number of tetrazole rings is 1. The van der Waals surface area contributed by atoms with Crippen LogP contribution in [-0.2, 0) is 0 Å². The van der Waals surface area contributed by atoms with Crippen LogP contribution in [0.15, 0.2) is 66.2 Å². The molecule has 10 nitrogen and oxygen atoms in total. The zero-order chi connectivity index (χ0) is 23.4. The second-order valence-corrected chi connectivity index (χ2v) is 7.17. The molecule has 2 aromatic carbocycles. The molecule has 0 bridgehead atoms. The molecule has 0 saturated carbocycles. The Kier molecular flexibility index (Phi) is 6.43. The lowest BCUT2D eigenvalue weighted by Gasteiger charge is -2.16. The summed E-state index contributed by atoms with van der Waals surface area (Å²) < 4.78 is 21.7. The standard InChI is InChI=1S/C20H13Cl2FN8O2/c21-15-2-1-3-16(22)14(15)10-27-31(20(24)32)12-4-5-18(17(23)8-12)33-13-6-7-25-19(9-13)30-11-26-28-29-30/h1-11H,(H2,24,32)/b27-10+. The molecule has 13 heteroatoms. The van der Waals surface area contributed by atoms with Crippen LogP contribution in [-0.4, -0.2) is 37.4 Å². The van der Waals surface area contributed by atoms with E-state index < -0.39 is 11.8 Å². The summed E-state index contributed by atoms with van der Waals surface area (Å²) in [5.41, 5.74) is 5.86. The summed E-state index contributed by atoms with van der Waals surface area (Å²) in [6, 6.07) is 10.8.